The number of carboxylic acid groups (broad SMARTS) is 1. The second kappa shape index (κ2) is 8.94. The van der Waals surface area contributed by atoms with Gasteiger partial charge in [0.1, 0.15) is 17.2 Å². The van der Waals surface area contributed by atoms with E-state index in [9.17, 15) is 9.59 Å². The van der Waals surface area contributed by atoms with Gasteiger partial charge in [-0.2, -0.15) is 5.26 Å². The van der Waals surface area contributed by atoms with Crippen molar-refractivity contribution in [3.8, 4) is 26.3 Å². The summed E-state index contributed by atoms with van der Waals surface area (Å²) >= 11 is 2.90. The number of hydrogen-bond acceptors (Lipinski definition) is 7. The van der Waals surface area contributed by atoms with Crippen molar-refractivity contribution in [1.82, 2.24) is 0 Å². The van der Waals surface area contributed by atoms with Crippen LogP contribution in [-0.2, 0) is 16.6 Å². The maximum atomic E-state index is 13.4. The molecule has 0 saturated carbocycles. The van der Waals surface area contributed by atoms with E-state index in [4.69, 9.17) is 14.8 Å². The number of nitriles is 1. The van der Waals surface area contributed by atoms with E-state index in [1.807, 2.05) is 24.3 Å². The first-order valence-corrected chi connectivity index (χ1v) is 14.5. The second-order valence-electron chi connectivity index (χ2n) is 11.9. The van der Waals surface area contributed by atoms with Crippen molar-refractivity contribution in [1.29, 1.82) is 5.26 Å². The highest BCUT2D eigenvalue weighted by Crippen LogP contribution is 2.50. The lowest BCUT2D eigenvalue weighted by Gasteiger charge is -2.48. The molecule has 3 aromatic heterocycles. The average Bonchev–Trinajstić information content (AvgIpc) is 3.53. The Labute approximate surface area is 234 Å². The van der Waals surface area contributed by atoms with Gasteiger partial charge in [0.25, 0.3) is 0 Å². The lowest BCUT2D eigenvalue weighted by molar-refractivity contribution is -0.132. The van der Waals surface area contributed by atoms with E-state index < -0.39 is 5.97 Å². The van der Waals surface area contributed by atoms with Gasteiger partial charge in [-0.3, -0.25) is 0 Å². The molecule has 0 amide bonds. The molecular weight excluding hydrogens is 528 g/mol. The fourth-order valence-electron chi connectivity index (χ4n) is 5.87. The summed E-state index contributed by atoms with van der Waals surface area (Å²) in [5.74, 6) is -1.25. The summed E-state index contributed by atoms with van der Waals surface area (Å²) < 4.78 is 6.11. The van der Waals surface area contributed by atoms with Crippen LogP contribution >= 0.6 is 22.7 Å². The van der Waals surface area contributed by atoms with E-state index in [1.165, 1.54) is 40.0 Å². The molecule has 0 aliphatic carbocycles. The van der Waals surface area contributed by atoms with Crippen molar-refractivity contribution < 1.29 is 14.3 Å². The molecule has 5 heterocycles. The summed E-state index contributed by atoms with van der Waals surface area (Å²) in [5.41, 5.74) is 4.48. The molecule has 6 rings (SSSR count). The Kier molecular flexibility index (Phi) is 5.87. The summed E-state index contributed by atoms with van der Waals surface area (Å²) in [7, 11) is 0. The number of thiophene rings is 2. The molecule has 0 saturated heterocycles. The second-order valence-corrected chi connectivity index (χ2v) is 14.1. The van der Waals surface area contributed by atoms with Gasteiger partial charge >= 0.3 is 11.6 Å². The molecule has 8 heteroatoms. The Morgan fingerprint density at radius 1 is 1.10 bits per heavy atom. The van der Waals surface area contributed by atoms with Crippen molar-refractivity contribution in [2.45, 2.75) is 46.0 Å². The van der Waals surface area contributed by atoms with Gasteiger partial charge in [-0.25, -0.2) is 9.59 Å². The van der Waals surface area contributed by atoms with E-state index in [2.05, 4.69) is 38.7 Å². The van der Waals surface area contributed by atoms with Gasteiger partial charge in [0.2, 0.25) is 0 Å². The van der Waals surface area contributed by atoms with Crippen LogP contribution in [0.25, 0.3) is 37.2 Å². The van der Waals surface area contributed by atoms with E-state index >= 15 is 0 Å². The number of anilines is 1. The highest BCUT2D eigenvalue weighted by atomic mass is 32.1. The molecule has 6 nitrogen and oxygen atoms in total. The molecule has 4 aromatic rings. The van der Waals surface area contributed by atoms with Crippen molar-refractivity contribution in [2.24, 2.45) is 5.41 Å². The first-order valence-electron chi connectivity index (χ1n) is 12.9. The predicted octanol–water partition coefficient (Wildman–Crippen LogP) is 7.31. The summed E-state index contributed by atoms with van der Waals surface area (Å²) in [6.45, 7) is 11.2. The zero-order valence-electron chi connectivity index (χ0n) is 22.3. The predicted molar refractivity (Wildman–Crippen MR) is 158 cm³/mol. The number of aliphatic carboxylic acids is 1. The Balaban J connectivity index is 1.43. The maximum Gasteiger partial charge on any atom is 0.346 e. The van der Waals surface area contributed by atoms with Gasteiger partial charge in [-0.15, -0.1) is 22.7 Å². The molecule has 0 bridgehead atoms. The van der Waals surface area contributed by atoms with Crippen LogP contribution in [0.4, 0.5) is 5.69 Å². The Morgan fingerprint density at radius 2 is 1.82 bits per heavy atom. The van der Waals surface area contributed by atoms with Crippen molar-refractivity contribution in [2.75, 3.05) is 18.0 Å². The minimum absolute atomic E-state index is 0.0417. The Morgan fingerprint density at radius 3 is 2.56 bits per heavy atom. The number of rotatable bonds is 4. The van der Waals surface area contributed by atoms with Gasteiger partial charge in [-0.05, 0) is 71.7 Å². The normalized spacial score (nSPS) is 17.6. The fraction of sp³-hybridized carbons (Fsp3) is 0.323. The maximum absolute atomic E-state index is 13.4. The quantitative estimate of drug-likeness (QED) is 0.161. The molecular formula is C31H28N2O4S2. The molecule has 39 heavy (non-hydrogen) atoms. The van der Waals surface area contributed by atoms with Gasteiger partial charge in [-0.1, -0.05) is 27.7 Å². The van der Waals surface area contributed by atoms with Crippen LogP contribution in [0.5, 0.6) is 0 Å². The van der Waals surface area contributed by atoms with Crippen LogP contribution in [0.15, 0.2) is 51.2 Å². The monoisotopic (exact) mass is 556 g/mol. The van der Waals surface area contributed by atoms with Crippen molar-refractivity contribution >= 4 is 51.4 Å². The fourth-order valence-corrected chi connectivity index (χ4v) is 7.92. The number of carboxylic acids is 1. The molecule has 2 aliphatic rings. The third-order valence-electron chi connectivity index (χ3n) is 7.80. The number of nitrogens with zero attached hydrogens (tertiary/aromatic N) is 2. The Hall–Kier alpha value is -3.67. The minimum Gasteiger partial charge on any atom is -0.477 e. The van der Waals surface area contributed by atoms with E-state index in [-0.39, 0.29) is 22.0 Å². The first kappa shape index (κ1) is 25.6. The lowest BCUT2D eigenvalue weighted by atomic mass is 9.71. The summed E-state index contributed by atoms with van der Waals surface area (Å²) in [4.78, 5) is 30.4. The summed E-state index contributed by atoms with van der Waals surface area (Å²) in [6, 6.07) is 13.5. The summed E-state index contributed by atoms with van der Waals surface area (Å²) in [5, 5.41) is 19.1. The van der Waals surface area contributed by atoms with Crippen LogP contribution in [0, 0.1) is 16.7 Å². The van der Waals surface area contributed by atoms with Gasteiger partial charge in [0, 0.05) is 49.2 Å². The molecule has 2 aliphatic heterocycles. The summed E-state index contributed by atoms with van der Waals surface area (Å²) in [6.07, 6.45) is 3.33. The number of hydrogen-bond donors (Lipinski definition) is 1. The van der Waals surface area contributed by atoms with Gasteiger partial charge < -0.3 is 14.4 Å². The number of benzene rings is 1. The first-order chi connectivity index (χ1) is 18.5. The molecule has 1 N–H and O–H groups in total. The average molecular weight is 557 g/mol. The van der Waals surface area contributed by atoms with Crippen molar-refractivity contribution in [3.05, 3.63) is 68.4 Å². The van der Waals surface area contributed by atoms with Crippen LogP contribution in [0.2, 0.25) is 0 Å². The van der Waals surface area contributed by atoms with Crippen LogP contribution in [0.3, 0.4) is 0 Å². The molecule has 0 atom stereocenters. The minimum atomic E-state index is -1.25. The van der Waals surface area contributed by atoms with E-state index in [0.717, 1.165) is 51.5 Å². The largest absolute Gasteiger partial charge is 0.477 e. The third-order valence-corrected chi connectivity index (χ3v) is 10.1. The van der Waals surface area contributed by atoms with Crippen LogP contribution in [-0.4, -0.2) is 24.2 Å². The smallest absolute Gasteiger partial charge is 0.346 e. The van der Waals surface area contributed by atoms with E-state index in [0.29, 0.717) is 16.0 Å². The molecule has 0 radical (unpaired) electrons. The molecule has 0 fully saturated rings. The van der Waals surface area contributed by atoms with Crippen LogP contribution in [0.1, 0.15) is 50.1 Å². The van der Waals surface area contributed by atoms with Gasteiger partial charge in [0.05, 0.1) is 5.56 Å². The van der Waals surface area contributed by atoms with Crippen molar-refractivity contribution in [3.63, 3.8) is 0 Å². The molecule has 198 valence electrons. The highest BCUT2D eigenvalue weighted by molar-refractivity contribution is 7.24. The molecule has 1 aromatic carbocycles. The topological polar surface area (TPSA) is 94.5 Å². The van der Waals surface area contributed by atoms with E-state index in [1.54, 1.807) is 12.1 Å². The van der Waals surface area contributed by atoms with Gasteiger partial charge in [0.15, 0.2) is 0 Å². The molecule has 0 unspecified atom stereocenters. The van der Waals surface area contributed by atoms with Crippen LogP contribution < -0.4 is 10.5 Å². The zero-order valence-corrected chi connectivity index (χ0v) is 23.9. The zero-order chi connectivity index (χ0) is 27.7. The third kappa shape index (κ3) is 4.40. The SMILES string of the molecule is CC1(C)Cc2c3c(cc4cc(-c5ccc(-c6ccc(/C=C(/C#N)C(=O)O)s6)s5)c(=O)oc24)C(C)(C)CCN3C1. The number of fused-ring (bicyclic) bond motifs is 2. The lowest BCUT2D eigenvalue weighted by Crippen LogP contribution is -2.46. The Bertz CT molecular complexity index is 1800. The standard InChI is InChI=1S/C31H28N2O4S2/c1-30(2)14-21-26-22(31(3,4)9-10-33(26)16-30)13-17-12-20(29(36)37-27(17)21)23-7-8-25(39-23)24-6-5-19(38-24)11-18(15-32)28(34)35/h5-8,11-13H,9-10,14,16H2,1-4H3,(H,34,35)/b18-11-. The highest BCUT2D eigenvalue weighted by Gasteiger charge is 2.40. The number of carbonyl (C=O) groups is 1. The molecule has 0 spiro atoms.